The van der Waals surface area contributed by atoms with Crippen molar-refractivity contribution in [1.29, 1.82) is 0 Å². The van der Waals surface area contributed by atoms with Gasteiger partial charge in [0.15, 0.2) is 5.82 Å². The molecule has 3 nitrogen and oxygen atoms in total. The third-order valence-electron chi connectivity index (χ3n) is 6.25. The van der Waals surface area contributed by atoms with Gasteiger partial charge in [-0.15, -0.1) is 0 Å². The molecule has 0 saturated carbocycles. The lowest BCUT2D eigenvalue weighted by molar-refractivity contribution is 0.199. The molecule has 1 aromatic carbocycles. The zero-order valence-electron chi connectivity index (χ0n) is 21.3. The second-order valence-electron chi connectivity index (χ2n) is 9.36. The lowest BCUT2D eigenvalue weighted by atomic mass is 10.0. The summed E-state index contributed by atoms with van der Waals surface area (Å²) in [7, 11) is 0. The fraction of sp³-hybridized carbons (Fsp3) is 0.655. The van der Waals surface area contributed by atoms with Gasteiger partial charge in [0, 0.05) is 24.4 Å². The van der Waals surface area contributed by atoms with Crippen LogP contribution in [0.4, 0.5) is 8.78 Å². The molecule has 0 N–H and O–H groups in total. The van der Waals surface area contributed by atoms with Gasteiger partial charge in [-0.2, -0.15) is 0 Å². The molecule has 0 saturated heterocycles. The number of aryl methyl sites for hydroxylation is 1. The van der Waals surface area contributed by atoms with E-state index < -0.39 is 12.3 Å². The zero-order valence-corrected chi connectivity index (χ0v) is 21.3. The maximum atomic E-state index is 14.1. The quantitative estimate of drug-likeness (QED) is 0.191. The fourth-order valence-corrected chi connectivity index (χ4v) is 4.01. The Kier molecular flexibility index (Phi) is 14.4. The van der Waals surface area contributed by atoms with Crippen molar-refractivity contribution in [3.8, 4) is 17.1 Å². The molecule has 0 fully saturated rings. The van der Waals surface area contributed by atoms with Crippen LogP contribution >= 0.6 is 0 Å². The van der Waals surface area contributed by atoms with E-state index in [1.807, 2.05) is 36.7 Å². The first-order valence-corrected chi connectivity index (χ1v) is 13.4. The van der Waals surface area contributed by atoms with Crippen molar-refractivity contribution in [2.24, 2.45) is 0 Å². The Morgan fingerprint density at radius 3 is 1.97 bits per heavy atom. The summed E-state index contributed by atoms with van der Waals surface area (Å²) in [5.74, 6) is 1.39. The fourth-order valence-electron chi connectivity index (χ4n) is 4.01. The summed E-state index contributed by atoms with van der Waals surface area (Å²) < 4.78 is 33.5. The molecule has 2 unspecified atom stereocenters. The van der Waals surface area contributed by atoms with Crippen LogP contribution in [0.3, 0.4) is 0 Å². The van der Waals surface area contributed by atoms with E-state index in [0.717, 1.165) is 31.2 Å². The van der Waals surface area contributed by atoms with Gasteiger partial charge in [-0.1, -0.05) is 65.2 Å². The van der Waals surface area contributed by atoms with Gasteiger partial charge >= 0.3 is 0 Å². The average molecular weight is 475 g/mol. The summed E-state index contributed by atoms with van der Waals surface area (Å²) in [4.78, 5) is 9.04. The molecule has 0 aliphatic carbocycles. The van der Waals surface area contributed by atoms with Crippen LogP contribution in [0.1, 0.15) is 103 Å². The van der Waals surface area contributed by atoms with E-state index in [9.17, 15) is 8.78 Å². The van der Waals surface area contributed by atoms with Crippen molar-refractivity contribution in [3.05, 3.63) is 42.2 Å². The van der Waals surface area contributed by atoms with E-state index in [1.54, 1.807) is 0 Å². The van der Waals surface area contributed by atoms with Gasteiger partial charge in [-0.3, -0.25) is 0 Å². The number of nitrogens with zero attached hydrogens (tertiary/aromatic N) is 2. The summed E-state index contributed by atoms with van der Waals surface area (Å²) in [6.45, 7) is 4.63. The predicted molar refractivity (Wildman–Crippen MR) is 138 cm³/mol. The van der Waals surface area contributed by atoms with E-state index in [4.69, 9.17) is 4.74 Å². The van der Waals surface area contributed by atoms with Crippen molar-refractivity contribution in [3.63, 3.8) is 0 Å². The summed E-state index contributed by atoms with van der Waals surface area (Å²) >= 11 is 0. The molecule has 0 bridgehead atoms. The van der Waals surface area contributed by atoms with Crippen molar-refractivity contribution < 1.29 is 13.5 Å². The van der Waals surface area contributed by atoms with Gasteiger partial charge in [0.2, 0.25) is 0 Å². The van der Waals surface area contributed by atoms with Crippen LogP contribution in [0, 0.1) is 0 Å². The highest BCUT2D eigenvalue weighted by molar-refractivity contribution is 5.55. The van der Waals surface area contributed by atoms with E-state index in [-0.39, 0.29) is 19.4 Å². The first-order valence-electron chi connectivity index (χ1n) is 13.4. The normalized spacial score (nSPS) is 13.1. The van der Waals surface area contributed by atoms with Crippen molar-refractivity contribution in [1.82, 2.24) is 9.97 Å². The lowest BCUT2D eigenvalue weighted by Crippen LogP contribution is -2.10. The second kappa shape index (κ2) is 17.4. The highest BCUT2D eigenvalue weighted by Gasteiger charge is 2.12. The maximum Gasteiger partial charge on any atom is 0.159 e. The van der Waals surface area contributed by atoms with Crippen LogP contribution in [-0.2, 0) is 6.42 Å². The van der Waals surface area contributed by atoms with E-state index in [0.29, 0.717) is 24.4 Å². The molecule has 0 aliphatic heterocycles. The molecule has 0 aliphatic rings. The number of halogens is 2. The second-order valence-corrected chi connectivity index (χ2v) is 9.36. The topological polar surface area (TPSA) is 35.0 Å². The third kappa shape index (κ3) is 11.9. The molecule has 1 aromatic heterocycles. The van der Waals surface area contributed by atoms with Gasteiger partial charge in [-0.25, -0.2) is 18.7 Å². The molecule has 0 amide bonds. The van der Waals surface area contributed by atoms with Crippen molar-refractivity contribution in [2.75, 3.05) is 6.61 Å². The molecular formula is C29H44F2N2O. The number of benzene rings is 1. The van der Waals surface area contributed by atoms with Crippen LogP contribution < -0.4 is 4.74 Å². The molecule has 2 aromatic rings. The number of hydrogen-bond donors (Lipinski definition) is 0. The molecule has 190 valence electrons. The maximum absolute atomic E-state index is 14.1. The Hall–Kier alpha value is -2.04. The first-order chi connectivity index (χ1) is 16.6. The number of aromatic nitrogens is 2. The molecular weight excluding hydrogens is 430 g/mol. The average Bonchev–Trinajstić information content (AvgIpc) is 2.86. The molecule has 0 radical (unpaired) electrons. The summed E-state index contributed by atoms with van der Waals surface area (Å²) in [5, 5.41) is 0. The van der Waals surface area contributed by atoms with Gasteiger partial charge in [-0.05, 0) is 61.9 Å². The molecule has 5 heteroatoms. The van der Waals surface area contributed by atoms with Crippen LogP contribution in [-0.4, -0.2) is 28.9 Å². The summed E-state index contributed by atoms with van der Waals surface area (Å²) in [5.41, 5.74) is 2.11. The summed E-state index contributed by atoms with van der Waals surface area (Å²) in [6.07, 6.45) is 15.1. The smallest absolute Gasteiger partial charge is 0.159 e. The predicted octanol–water partition coefficient (Wildman–Crippen LogP) is 8.85. The SMILES string of the molecule is CCCCCCCCc1cnc(-c2ccc(OCCC(F)CCC(F)CCCCC)cc2)nc1. The zero-order chi connectivity index (χ0) is 24.4. The van der Waals surface area contributed by atoms with Crippen LogP contribution in [0.5, 0.6) is 5.75 Å². The Balaban J connectivity index is 1.65. The minimum Gasteiger partial charge on any atom is -0.493 e. The molecule has 1 heterocycles. The largest absolute Gasteiger partial charge is 0.493 e. The van der Waals surface area contributed by atoms with Gasteiger partial charge in [0.25, 0.3) is 0 Å². The molecule has 2 rings (SSSR count). The highest BCUT2D eigenvalue weighted by atomic mass is 19.1. The van der Waals surface area contributed by atoms with E-state index >= 15 is 0 Å². The molecule has 2 atom stereocenters. The monoisotopic (exact) mass is 474 g/mol. The number of alkyl halides is 2. The van der Waals surface area contributed by atoms with Crippen LogP contribution in [0.25, 0.3) is 11.4 Å². The van der Waals surface area contributed by atoms with Crippen LogP contribution in [0.2, 0.25) is 0 Å². The number of ether oxygens (including phenoxy) is 1. The summed E-state index contributed by atoms with van der Waals surface area (Å²) in [6, 6.07) is 7.58. The van der Waals surface area contributed by atoms with Gasteiger partial charge < -0.3 is 4.74 Å². The number of hydrogen-bond acceptors (Lipinski definition) is 3. The minimum absolute atomic E-state index is 0.266. The third-order valence-corrected chi connectivity index (χ3v) is 6.25. The number of rotatable bonds is 19. The Bertz CT molecular complexity index is 752. The first kappa shape index (κ1) is 28.2. The van der Waals surface area contributed by atoms with Crippen LogP contribution in [0.15, 0.2) is 36.7 Å². The van der Waals surface area contributed by atoms with E-state index in [1.165, 1.54) is 44.1 Å². The Labute approximate surface area is 205 Å². The van der Waals surface area contributed by atoms with Crippen molar-refractivity contribution >= 4 is 0 Å². The highest BCUT2D eigenvalue weighted by Crippen LogP contribution is 2.21. The van der Waals surface area contributed by atoms with Gasteiger partial charge in [0.05, 0.1) is 6.61 Å². The standard InChI is InChI=1S/C29H44F2N2O/c1-3-5-7-8-9-11-12-24-22-32-29(33-23-24)25-14-18-28(19-15-25)34-21-20-27(31)17-16-26(30)13-10-6-4-2/h14-15,18-19,22-23,26-27H,3-13,16-17,20-21H2,1-2H3. The Morgan fingerprint density at radius 1 is 0.706 bits per heavy atom. The number of unbranched alkanes of at least 4 members (excludes halogenated alkanes) is 7. The Morgan fingerprint density at radius 2 is 1.29 bits per heavy atom. The van der Waals surface area contributed by atoms with Crippen molar-refractivity contribution in [2.45, 2.75) is 116 Å². The lowest BCUT2D eigenvalue weighted by Gasteiger charge is -2.12. The minimum atomic E-state index is -1.02. The van der Waals surface area contributed by atoms with E-state index in [2.05, 4.69) is 23.8 Å². The molecule has 34 heavy (non-hydrogen) atoms. The molecule has 0 spiro atoms. The van der Waals surface area contributed by atoms with Gasteiger partial charge in [0.1, 0.15) is 18.1 Å².